The van der Waals surface area contributed by atoms with Crippen LogP contribution in [-0.4, -0.2) is 10.1 Å². The summed E-state index contributed by atoms with van der Waals surface area (Å²) >= 11 is 6.96. The second-order valence-electron chi connectivity index (χ2n) is 5.97. The SMILES string of the molecule is Oc1c(Br)cc(Br)cc1-c1[nH]c2ccccc2c1Cc1ccccc1. The van der Waals surface area contributed by atoms with Gasteiger partial charge in [0.25, 0.3) is 0 Å². The molecule has 4 heteroatoms. The van der Waals surface area contributed by atoms with E-state index in [0.717, 1.165) is 27.7 Å². The summed E-state index contributed by atoms with van der Waals surface area (Å²) in [6.07, 6.45) is 0.795. The van der Waals surface area contributed by atoms with E-state index in [4.69, 9.17) is 0 Å². The molecular weight excluding hydrogens is 442 g/mol. The first kappa shape index (κ1) is 16.4. The lowest BCUT2D eigenvalue weighted by atomic mass is 9.98. The van der Waals surface area contributed by atoms with Gasteiger partial charge in [-0.25, -0.2) is 0 Å². The summed E-state index contributed by atoms with van der Waals surface area (Å²) in [5.41, 5.74) is 5.22. The van der Waals surface area contributed by atoms with Crippen LogP contribution in [0.2, 0.25) is 0 Å². The van der Waals surface area contributed by atoms with Crippen molar-refractivity contribution in [2.24, 2.45) is 0 Å². The standard InChI is InChI=1S/C21H15Br2NO/c22-14-11-17(21(25)18(23)12-14)20-16(10-13-6-2-1-3-7-13)15-8-4-5-9-19(15)24-20/h1-9,11-12,24-25H,10H2. The largest absolute Gasteiger partial charge is 0.506 e. The van der Waals surface area contributed by atoms with Crippen LogP contribution in [0.15, 0.2) is 75.7 Å². The van der Waals surface area contributed by atoms with Crippen molar-refractivity contribution >= 4 is 42.8 Å². The van der Waals surface area contributed by atoms with Gasteiger partial charge in [-0.05, 0) is 45.3 Å². The van der Waals surface area contributed by atoms with Crippen LogP contribution >= 0.6 is 31.9 Å². The molecule has 0 aliphatic carbocycles. The Morgan fingerprint density at radius 2 is 1.60 bits per heavy atom. The molecule has 0 unspecified atom stereocenters. The van der Waals surface area contributed by atoms with Crippen LogP contribution in [0.25, 0.3) is 22.2 Å². The van der Waals surface area contributed by atoms with Gasteiger partial charge in [0, 0.05) is 27.4 Å². The Morgan fingerprint density at radius 1 is 0.880 bits per heavy atom. The quantitative estimate of drug-likeness (QED) is 0.355. The number of fused-ring (bicyclic) bond motifs is 1. The first-order valence-corrected chi connectivity index (χ1v) is 9.54. The fourth-order valence-electron chi connectivity index (χ4n) is 3.17. The maximum atomic E-state index is 10.6. The molecule has 0 aliphatic rings. The minimum Gasteiger partial charge on any atom is -0.506 e. The average molecular weight is 457 g/mol. The summed E-state index contributed by atoms with van der Waals surface area (Å²) in [6.45, 7) is 0. The highest BCUT2D eigenvalue weighted by Crippen LogP contribution is 2.41. The van der Waals surface area contributed by atoms with Crippen LogP contribution < -0.4 is 0 Å². The number of phenols is 1. The molecule has 0 atom stereocenters. The van der Waals surface area contributed by atoms with E-state index in [9.17, 15) is 5.11 Å². The number of aromatic nitrogens is 1. The molecule has 4 aromatic rings. The van der Waals surface area contributed by atoms with Gasteiger partial charge >= 0.3 is 0 Å². The molecule has 0 aliphatic heterocycles. The number of H-pyrrole nitrogens is 1. The van der Waals surface area contributed by atoms with E-state index in [-0.39, 0.29) is 5.75 Å². The Bertz CT molecular complexity index is 1050. The zero-order valence-corrected chi connectivity index (χ0v) is 16.4. The van der Waals surface area contributed by atoms with Gasteiger partial charge in [0.05, 0.1) is 10.2 Å². The number of aromatic hydroxyl groups is 1. The van der Waals surface area contributed by atoms with Crippen LogP contribution in [-0.2, 0) is 6.42 Å². The molecule has 0 saturated carbocycles. The molecule has 0 fully saturated rings. The summed E-state index contributed by atoms with van der Waals surface area (Å²) in [5.74, 6) is 0.240. The molecule has 0 spiro atoms. The molecule has 1 aromatic heterocycles. The van der Waals surface area contributed by atoms with E-state index >= 15 is 0 Å². The molecule has 124 valence electrons. The van der Waals surface area contributed by atoms with Crippen LogP contribution in [0.4, 0.5) is 0 Å². The van der Waals surface area contributed by atoms with Crippen molar-refractivity contribution in [1.29, 1.82) is 0 Å². The van der Waals surface area contributed by atoms with Crippen molar-refractivity contribution in [2.45, 2.75) is 6.42 Å². The maximum Gasteiger partial charge on any atom is 0.139 e. The number of aromatic amines is 1. The third kappa shape index (κ3) is 3.12. The number of phenolic OH excluding ortho intramolecular Hbond substituents is 1. The summed E-state index contributed by atoms with van der Waals surface area (Å²) in [4.78, 5) is 3.49. The maximum absolute atomic E-state index is 10.6. The molecule has 0 bridgehead atoms. The molecule has 0 amide bonds. The topological polar surface area (TPSA) is 36.0 Å². The molecule has 4 rings (SSSR count). The van der Waals surface area contributed by atoms with Gasteiger partial charge in [-0.2, -0.15) is 0 Å². The number of para-hydroxylation sites is 1. The molecule has 3 aromatic carbocycles. The van der Waals surface area contributed by atoms with E-state index in [1.54, 1.807) is 0 Å². The summed E-state index contributed by atoms with van der Waals surface area (Å²) in [7, 11) is 0. The lowest BCUT2D eigenvalue weighted by Gasteiger charge is -2.10. The predicted octanol–water partition coefficient (Wildman–Crippen LogP) is 6.66. The van der Waals surface area contributed by atoms with Crippen molar-refractivity contribution in [3.05, 3.63) is 86.8 Å². The number of hydrogen-bond donors (Lipinski definition) is 2. The lowest BCUT2D eigenvalue weighted by Crippen LogP contribution is -1.91. The van der Waals surface area contributed by atoms with E-state index in [1.165, 1.54) is 16.5 Å². The fourth-order valence-corrected chi connectivity index (χ4v) is 4.40. The summed E-state index contributed by atoms with van der Waals surface area (Å²) < 4.78 is 1.58. The molecular formula is C21H15Br2NO. The van der Waals surface area contributed by atoms with Crippen molar-refractivity contribution in [1.82, 2.24) is 4.98 Å². The average Bonchev–Trinajstić information content (AvgIpc) is 2.97. The first-order chi connectivity index (χ1) is 12.1. The third-order valence-electron chi connectivity index (χ3n) is 4.33. The molecule has 25 heavy (non-hydrogen) atoms. The van der Waals surface area contributed by atoms with Gasteiger partial charge in [0.2, 0.25) is 0 Å². The second-order valence-corrected chi connectivity index (χ2v) is 7.74. The van der Waals surface area contributed by atoms with Crippen LogP contribution in [0, 0.1) is 0 Å². The van der Waals surface area contributed by atoms with E-state index < -0.39 is 0 Å². The van der Waals surface area contributed by atoms with Crippen molar-refractivity contribution in [3.63, 3.8) is 0 Å². The predicted molar refractivity (Wildman–Crippen MR) is 110 cm³/mol. The van der Waals surface area contributed by atoms with Gasteiger partial charge < -0.3 is 10.1 Å². The molecule has 2 nitrogen and oxygen atoms in total. The van der Waals surface area contributed by atoms with Gasteiger partial charge in [-0.15, -0.1) is 0 Å². The second kappa shape index (κ2) is 6.70. The smallest absolute Gasteiger partial charge is 0.139 e. The van der Waals surface area contributed by atoms with Gasteiger partial charge in [-0.1, -0.05) is 64.5 Å². The molecule has 0 saturated heterocycles. The molecule has 2 N–H and O–H groups in total. The van der Waals surface area contributed by atoms with Crippen LogP contribution in [0.5, 0.6) is 5.75 Å². The van der Waals surface area contributed by atoms with Gasteiger partial charge in [-0.3, -0.25) is 0 Å². The normalized spacial score (nSPS) is 11.1. The van der Waals surface area contributed by atoms with Crippen molar-refractivity contribution < 1.29 is 5.11 Å². The highest BCUT2D eigenvalue weighted by atomic mass is 79.9. The van der Waals surface area contributed by atoms with E-state index in [1.807, 2.05) is 30.3 Å². The number of rotatable bonds is 3. The van der Waals surface area contributed by atoms with Crippen LogP contribution in [0.3, 0.4) is 0 Å². The molecule has 0 radical (unpaired) electrons. The fraction of sp³-hybridized carbons (Fsp3) is 0.0476. The van der Waals surface area contributed by atoms with Crippen molar-refractivity contribution in [2.75, 3.05) is 0 Å². The Balaban J connectivity index is 1.97. The summed E-state index contributed by atoms with van der Waals surface area (Å²) in [6, 6.07) is 22.4. The lowest BCUT2D eigenvalue weighted by molar-refractivity contribution is 0.473. The van der Waals surface area contributed by atoms with Gasteiger partial charge in [0.1, 0.15) is 5.75 Å². The minimum absolute atomic E-state index is 0.240. The number of benzene rings is 3. The Kier molecular flexibility index (Phi) is 4.40. The minimum atomic E-state index is 0.240. The van der Waals surface area contributed by atoms with Crippen LogP contribution in [0.1, 0.15) is 11.1 Å². The third-order valence-corrected chi connectivity index (χ3v) is 5.40. The number of nitrogens with one attached hydrogen (secondary N) is 1. The van der Waals surface area contributed by atoms with Crippen molar-refractivity contribution in [3.8, 4) is 17.0 Å². The first-order valence-electron chi connectivity index (χ1n) is 7.95. The zero-order chi connectivity index (χ0) is 17.4. The monoisotopic (exact) mass is 455 g/mol. The zero-order valence-electron chi connectivity index (χ0n) is 13.3. The Morgan fingerprint density at radius 3 is 2.40 bits per heavy atom. The molecule has 1 heterocycles. The summed E-state index contributed by atoms with van der Waals surface area (Å²) in [5, 5.41) is 11.8. The van der Waals surface area contributed by atoms with E-state index in [2.05, 4.69) is 73.2 Å². The van der Waals surface area contributed by atoms with E-state index in [0.29, 0.717) is 4.47 Å². The Labute approximate surface area is 162 Å². The number of hydrogen-bond acceptors (Lipinski definition) is 1. The van der Waals surface area contributed by atoms with Gasteiger partial charge in [0.15, 0.2) is 0 Å². The Hall–Kier alpha value is -2.04. The highest BCUT2D eigenvalue weighted by molar-refractivity contribution is 9.11. The number of halogens is 2. The highest BCUT2D eigenvalue weighted by Gasteiger charge is 2.18.